The minimum absolute atomic E-state index is 0.139. The fraction of sp³-hybridized carbons (Fsp3) is 0.789. The van der Waals surface area contributed by atoms with Crippen molar-refractivity contribution < 1.29 is 19.4 Å². The number of hydrogen-bond donors (Lipinski definition) is 1. The molecule has 1 saturated heterocycles. The summed E-state index contributed by atoms with van der Waals surface area (Å²) in [6.45, 7) is 6.22. The molecule has 23 heavy (non-hydrogen) atoms. The first kappa shape index (κ1) is 14.1. The van der Waals surface area contributed by atoms with Gasteiger partial charge in [0, 0.05) is 11.8 Å². The van der Waals surface area contributed by atoms with Crippen molar-refractivity contribution in [2.24, 2.45) is 34.5 Å². The van der Waals surface area contributed by atoms with Crippen LogP contribution in [-0.4, -0.2) is 22.6 Å². The van der Waals surface area contributed by atoms with Crippen molar-refractivity contribution >= 4 is 11.9 Å². The maximum Gasteiger partial charge on any atom is 0.312 e. The van der Waals surface area contributed by atoms with Crippen LogP contribution in [0.25, 0.3) is 0 Å². The summed E-state index contributed by atoms with van der Waals surface area (Å²) >= 11 is 0. The Bertz CT molecular complexity index is 654. The maximum absolute atomic E-state index is 12.7. The lowest BCUT2D eigenvalue weighted by Crippen LogP contribution is -2.47. The van der Waals surface area contributed by atoms with Gasteiger partial charge in [-0.05, 0) is 63.2 Å². The van der Waals surface area contributed by atoms with Crippen molar-refractivity contribution in [1.82, 2.24) is 0 Å². The van der Waals surface area contributed by atoms with Crippen LogP contribution in [0.1, 0.15) is 51.9 Å². The van der Waals surface area contributed by atoms with Gasteiger partial charge in [0.25, 0.3) is 0 Å². The topological polar surface area (TPSA) is 63.6 Å². The van der Waals surface area contributed by atoms with Gasteiger partial charge >= 0.3 is 11.9 Å². The Labute approximate surface area is 136 Å². The van der Waals surface area contributed by atoms with Crippen LogP contribution in [0.15, 0.2) is 12.2 Å². The van der Waals surface area contributed by atoms with Gasteiger partial charge in [-0.1, -0.05) is 12.2 Å². The largest absolute Gasteiger partial charge is 0.481 e. The summed E-state index contributed by atoms with van der Waals surface area (Å²) in [5.41, 5.74) is -0.0978. The fourth-order valence-electron chi connectivity index (χ4n) is 7.70. The zero-order chi connectivity index (χ0) is 16.2. The molecule has 3 unspecified atom stereocenters. The predicted octanol–water partition coefficient (Wildman–Crippen LogP) is 3.17. The van der Waals surface area contributed by atoms with E-state index in [1.54, 1.807) is 0 Å². The Kier molecular flexibility index (Phi) is 2.35. The van der Waals surface area contributed by atoms with Gasteiger partial charge in [0.2, 0.25) is 0 Å². The van der Waals surface area contributed by atoms with Crippen LogP contribution in [0.4, 0.5) is 0 Å². The van der Waals surface area contributed by atoms with Crippen molar-refractivity contribution in [3.63, 3.8) is 0 Å². The van der Waals surface area contributed by atoms with E-state index in [9.17, 15) is 14.7 Å². The molecule has 5 fully saturated rings. The molecule has 0 amide bonds. The molecule has 7 atom stereocenters. The Morgan fingerprint density at radius 2 is 2.13 bits per heavy atom. The Hall–Kier alpha value is -1.32. The molecule has 4 saturated carbocycles. The van der Waals surface area contributed by atoms with Crippen molar-refractivity contribution in [2.45, 2.75) is 57.5 Å². The van der Waals surface area contributed by atoms with E-state index in [1.807, 2.05) is 6.92 Å². The van der Waals surface area contributed by atoms with Crippen LogP contribution in [0, 0.1) is 34.5 Å². The average Bonchev–Trinajstić information content (AvgIpc) is 2.92. The van der Waals surface area contributed by atoms with Gasteiger partial charge < -0.3 is 9.84 Å². The number of rotatable bonds is 1. The third-order valence-corrected chi connectivity index (χ3v) is 8.29. The summed E-state index contributed by atoms with van der Waals surface area (Å²) in [6.07, 6.45) is 6.45. The number of carboxylic acid groups (broad SMARTS) is 1. The van der Waals surface area contributed by atoms with Crippen LogP contribution in [-0.2, 0) is 14.3 Å². The van der Waals surface area contributed by atoms with E-state index in [4.69, 9.17) is 4.74 Å². The van der Waals surface area contributed by atoms with Crippen LogP contribution in [0.5, 0.6) is 0 Å². The minimum atomic E-state index is -0.719. The molecule has 1 N–H and O–H groups in total. The molecule has 0 aromatic carbocycles. The lowest BCUT2D eigenvalue weighted by Gasteiger charge is -2.43. The molecule has 5 rings (SSSR count). The number of carboxylic acids is 1. The molecule has 4 bridgehead atoms. The molecule has 5 aliphatic rings. The van der Waals surface area contributed by atoms with Gasteiger partial charge in [0.15, 0.2) is 0 Å². The summed E-state index contributed by atoms with van der Waals surface area (Å²) < 4.78 is 6.10. The summed E-state index contributed by atoms with van der Waals surface area (Å²) in [4.78, 5) is 25.0. The van der Waals surface area contributed by atoms with E-state index in [1.165, 1.54) is 5.57 Å². The average molecular weight is 316 g/mol. The first-order valence-corrected chi connectivity index (χ1v) is 8.99. The summed E-state index contributed by atoms with van der Waals surface area (Å²) in [7, 11) is 0. The highest BCUT2D eigenvalue weighted by atomic mass is 16.6. The van der Waals surface area contributed by atoms with Crippen molar-refractivity contribution in [1.29, 1.82) is 0 Å². The molecule has 124 valence electrons. The van der Waals surface area contributed by atoms with Gasteiger partial charge in [0.05, 0.1) is 11.3 Å². The zero-order valence-electron chi connectivity index (χ0n) is 13.6. The third kappa shape index (κ3) is 1.29. The van der Waals surface area contributed by atoms with Crippen molar-refractivity contribution in [3.8, 4) is 0 Å². The second kappa shape index (κ2) is 3.84. The van der Waals surface area contributed by atoms with Crippen LogP contribution in [0.3, 0.4) is 0 Å². The van der Waals surface area contributed by atoms with Gasteiger partial charge in [-0.3, -0.25) is 9.59 Å². The molecule has 4 heteroatoms. The molecular formula is C19H24O4. The number of ether oxygens (including phenoxy) is 1. The predicted molar refractivity (Wildman–Crippen MR) is 82.4 cm³/mol. The van der Waals surface area contributed by atoms with E-state index < -0.39 is 22.9 Å². The molecule has 1 aliphatic heterocycles. The highest BCUT2D eigenvalue weighted by Gasteiger charge is 2.81. The molecular weight excluding hydrogens is 292 g/mol. The number of allylic oxidation sites excluding steroid dienone is 1. The number of aliphatic carboxylic acids is 1. The molecule has 1 heterocycles. The quantitative estimate of drug-likeness (QED) is 0.596. The first-order valence-electron chi connectivity index (χ1n) is 8.99. The maximum atomic E-state index is 12.7. The Morgan fingerprint density at radius 3 is 2.87 bits per heavy atom. The normalized spacial score (nSPS) is 56.2. The van der Waals surface area contributed by atoms with Crippen molar-refractivity contribution in [3.05, 3.63) is 12.2 Å². The Balaban J connectivity index is 1.75. The van der Waals surface area contributed by atoms with Gasteiger partial charge in [-0.2, -0.15) is 0 Å². The molecule has 4 nitrogen and oxygen atoms in total. The van der Waals surface area contributed by atoms with Crippen LogP contribution < -0.4 is 0 Å². The SMILES string of the molecule is C=C1C[C@]23C[C@H]1CC[C@H]2C12CCC[C@](C)(C(=O)O1)C2C3C(=O)O. The molecule has 1 spiro atoms. The Morgan fingerprint density at radius 1 is 1.35 bits per heavy atom. The lowest BCUT2D eigenvalue weighted by molar-refractivity contribution is -0.160. The zero-order valence-corrected chi connectivity index (χ0v) is 13.6. The number of hydrogen-bond acceptors (Lipinski definition) is 3. The molecule has 0 radical (unpaired) electrons. The molecule has 0 aromatic rings. The number of fused-ring (bicyclic) bond motifs is 1. The smallest absolute Gasteiger partial charge is 0.312 e. The van der Waals surface area contributed by atoms with E-state index in [2.05, 4.69) is 6.58 Å². The standard InChI is InChI=1S/C19H24O4/c1-10-8-18-9-11(10)4-5-12(18)19-7-3-6-17(2,16(22)23-19)14(19)13(18)15(20)21/h11-14H,1,3-9H2,2H3,(H,20,21)/t11-,12-,13?,14?,17+,18+,19?/m1/s1. The van der Waals surface area contributed by atoms with E-state index in [0.29, 0.717) is 5.92 Å². The summed E-state index contributed by atoms with van der Waals surface area (Å²) in [6, 6.07) is 0. The number of esters is 1. The number of carbonyl (C=O) groups excluding carboxylic acids is 1. The summed E-state index contributed by atoms with van der Waals surface area (Å²) in [5, 5.41) is 10.2. The van der Waals surface area contributed by atoms with E-state index >= 15 is 0 Å². The lowest BCUT2D eigenvalue weighted by atomic mass is 9.60. The second-order valence-electron chi connectivity index (χ2n) is 9.01. The van der Waals surface area contributed by atoms with Crippen LogP contribution in [0.2, 0.25) is 0 Å². The van der Waals surface area contributed by atoms with E-state index in [0.717, 1.165) is 44.9 Å². The monoisotopic (exact) mass is 316 g/mol. The number of carbonyl (C=O) groups is 2. The second-order valence-corrected chi connectivity index (χ2v) is 9.01. The molecule has 4 aliphatic carbocycles. The molecule has 0 aromatic heterocycles. The van der Waals surface area contributed by atoms with Gasteiger partial charge in [-0.15, -0.1) is 0 Å². The van der Waals surface area contributed by atoms with Crippen molar-refractivity contribution in [2.75, 3.05) is 0 Å². The fourth-order valence-corrected chi connectivity index (χ4v) is 7.70. The third-order valence-electron chi connectivity index (χ3n) is 8.29. The highest BCUT2D eigenvalue weighted by Crippen LogP contribution is 2.77. The van der Waals surface area contributed by atoms with Gasteiger partial charge in [-0.25, -0.2) is 0 Å². The highest BCUT2D eigenvalue weighted by molar-refractivity contribution is 5.84. The van der Waals surface area contributed by atoms with Crippen LogP contribution >= 0.6 is 0 Å². The van der Waals surface area contributed by atoms with Gasteiger partial charge in [0.1, 0.15) is 5.60 Å². The minimum Gasteiger partial charge on any atom is -0.481 e. The van der Waals surface area contributed by atoms with E-state index in [-0.39, 0.29) is 23.2 Å². The first-order chi connectivity index (χ1) is 10.9. The summed E-state index contributed by atoms with van der Waals surface area (Å²) in [5.74, 6) is -0.771.